The number of nitrogens with two attached hydrogens (primary N) is 1. The molecule has 4 rings (SSSR count). The first-order valence-electron chi connectivity index (χ1n) is 10.7. The second-order valence-electron chi connectivity index (χ2n) is 7.89. The van der Waals surface area contributed by atoms with Gasteiger partial charge in [0.15, 0.2) is 5.69 Å². The van der Waals surface area contributed by atoms with E-state index in [0.717, 1.165) is 11.3 Å². The molecule has 1 unspecified atom stereocenters. The summed E-state index contributed by atoms with van der Waals surface area (Å²) in [6.45, 7) is 2.23. The Hall–Kier alpha value is -4.14. The van der Waals surface area contributed by atoms with Crippen LogP contribution in [0.15, 0.2) is 70.3 Å². The van der Waals surface area contributed by atoms with Gasteiger partial charge < -0.3 is 15.5 Å². The topological polar surface area (TPSA) is 121 Å². The zero-order valence-corrected chi connectivity index (χ0v) is 18.2. The standard InChI is InChI=1S/C24H25N5O4/c1-2-27(23(32)17-13-19(30)28(15-17)18-11-7-4-8-12-18)20-21(25)29(24(33)26-22(20)31)14-16-9-5-3-6-10-16/h3-12,17H,2,13-15,25H2,1H3,(H,26,31,33). The Morgan fingerprint density at radius 1 is 1.06 bits per heavy atom. The van der Waals surface area contributed by atoms with Gasteiger partial charge >= 0.3 is 5.69 Å². The first kappa shape index (κ1) is 22.1. The molecule has 3 N–H and O–H groups in total. The van der Waals surface area contributed by atoms with Crippen LogP contribution in [0.4, 0.5) is 17.2 Å². The molecule has 1 fully saturated rings. The molecular formula is C24H25N5O4. The van der Waals surface area contributed by atoms with Crippen molar-refractivity contribution in [3.05, 3.63) is 87.1 Å². The number of rotatable bonds is 6. The Labute approximate surface area is 190 Å². The van der Waals surface area contributed by atoms with Crippen LogP contribution >= 0.6 is 0 Å². The Bertz CT molecular complexity index is 1280. The molecular weight excluding hydrogens is 422 g/mol. The fourth-order valence-corrected chi connectivity index (χ4v) is 4.14. The van der Waals surface area contributed by atoms with E-state index in [1.54, 1.807) is 11.8 Å². The molecule has 3 aromatic rings. The minimum absolute atomic E-state index is 0.0334. The third kappa shape index (κ3) is 4.30. The summed E-state index contributed by atoms with van der Waals surface area (Å²) in [4.78, 5) is 56.3. The number of carbonyl (C=O) groups is 2. The van der Waals surface area contributed by atoms with Crippen molar-refractivity contribution < 1.29 is 9.59 Å². The minimum Gasteiger partial charge on any atom is -0.383 e. The molecule has 1 aliphatic heterocycles. The largest absolute Gasteiger partial charge is 0.383 e. The van der Waals surface area contributed by atoms with Crippen LogP contribution in [0.25, 0.3) is 0 Å². The Kier molecular flexibility index (Phi) is 6.12. The molecule has 0 aliphatic carbocycles. The second-order valence-corrected chi connectivity index (χ2v) is 7.89. The smallest absolute Gasteiger partial charge is 0.330 e. The Balaban J connectivity index is 1.65. The van der Waals surface area contributed by atoms with E-state index in [-0.39, 0.29) is 49.4 Å². The van der Waals surface area contributed by atoms with Crippen LogP contribution in [0.1, 0.15) is 18.9 Å². The third-order valence-corrected chi connectivity index (χ3v) is 5.79. The van der Waals surface area contributed by atoms with E-state index >= 15 is 0 Å². The van der Waals surface area contributed by atoms with Crippen LogP contribution in [0.5, 0.6) is 0 Å². The molecule has 2 aromatic carbocycles. The predicted molar refractivity (Wildman–Crippen MR) is 126 cm³/mol. The Morgan fingerprint density at radius 3 is 2.33 bits per heavy atom. The fourth-order valence-electron chi connectivity index (χ4n) is 4.14. The van der Waals surface area contributed by atoms with Crippen molar-refractivity contribution in [3.63, 3.8) is 0 Å². The average molecular weight is 447 g/mol. The first-order chi connectivity index (χ1) is 15.9. The van der Waals surface area contributed by atoms with Gasteiger partial charge in [-0.25, -0.2) is 4.79 Å². The summed E-state index contributed by atoms with van der Waals surface area (Å²) in [5.41, 5.74) is 6.33. The van der Waals surface area contributed by atoms with Gasteiger partial charge in [0, 0.05) is 25.2 Å². The highest BCUT2D eigenvalue weighted by molar-refractivity contribution is 6.05. The van der Waals surface area contributed by atoms with E-state index in [4.69, 9.17) is 5.73 Å². The number of hydrogen-bond donors (Lipinski definition) is 2. The molecule has 2 heterocycles. The number of H-pyrrole nitrogens is 1. The SMILES string of the molecule is CCN(C(=O)C1CC(=O)N(c2ccccc2)C1)c1c(N)n(Cc2ccccc2)c(=O)[nH]c1=O. The normalized spacial score (nSPS) is 15.6. The number of nitrogens with one attached hydrogen (secondary N) is 1. The average Bonchev–Trinajstić information content (AvgIpc) is 3.22. The van der Waals surface area contributed by atoms with E-state index in [1.165, 1.54) is 9.47 Å². The van der Waals surface area contributed by atoms with Crippen molar-refractivity contribution in [1.29, 1.82) is 0 Å². The number of para-hydroxylation sites is 1. The molecule has 1 atom stereocenters. The summed E-state index contributed by atoms with van der Waals surface area (Å²) in [6.07, 6.45) is 0.0334. The molecule has 33 heavy (non-hydrogen) atoms. The van der Waals surface area contributed by atoms with E-state index in [1.807, 2.05) is 60.7 Å². The Morgan fingerprint density at radius 2 is 1.70 bits per heavy atom. The molecule has 170 valence electrons. The van der Waals surface area contributed by atoms with E-state index < -0.39 is 17.2 Å². The number of anilines is 3. The molecule has 0 spiro atoms. The lowest BCUT2D eigenvalue weighted by Gasteiger charge is -2.25. The third-order valence-electron chi connectivity index (χ3n) is 5.79. The number of aromatic amines is 1. The van der Waals surface area contributed by atoms with Crippen molar-refractivity contribution in [1.82, 2.24) is 9.55 Å². The van der Waals surface area contributed by atoms with Crippen LogP contribution in [0.3, 0.4) is 0 Å². The number of hydrogen-bond acceptors (Lipinski definition) is 5. The summed E-state index contributed by atoms with van der Waals surface area (Å²) >= 11 is 0. The van der Waals surface area contributed by atoms with Crippen LogP contribution in [0, 0.1) is 5.92 Å². The van der Waals surface area contributed by atoms with Gasteiger partial charge in [0.25, 0.3) is 5.56 Å². The van der Waals surface area contributed by atoms with Gasteiger partial charge in [-0.2, -0.15) is 0 Å². The van der Waals surface area contributed by atoms with Gasteiger partial charge in [-0.3, -0.25) is 23.9 Å². The van der Waals surface area contributed by atoms with E-state index in [9.17, 15) is 19.2 Å². The number of amides is 2. The zero-order chi connectivity index (χ0) is 23.5. The summed E-state index contributed by atoms with van der Waals surface area (Å²) in [5, 5.41) is 0. The van der Waals surface area contributed by atoms with Crippen molar-refractivity contribution in [3.8, 4) is 0 Å². The number of aromatic nitrogens is 2. The van der Waals surface area contributed by atoms with Gasteiger partial charge in [-0.15, -0.1) is 0 Å². The molecule has 0 bridgehead atoms. The maximum Gasteiger partial charge on any atom is 0.330 e. The van der Waals surface area contributed by atoms with Crippen molar-refractivity contribution in [2.45, 2.75) is 19.9 Å². The van der Waals surface area contributed by atoms with Gasteiger partial charge in [0.2, 0.25) is 11.8 Å². The van der Waals surface area contributed by atoms with Gasteiger partial charge in [0.1, 0.15) is 5.82 Å². The maximum absolute atomic E-state index is 13.4. The quantitative estimate of drug-likeness (QED) is 0.594. The van der Waals surface area contributed by atoms with Crippen LogP contribution < -0.4 is 26.8 Å². The number of benzene rings is 2. The van der Waals surface area contributed by atoms with Gasteiger partial charge in [-0.1, -0.05) is 48.5 Å². The van der Waals surface area contributed by atoms with Gasteiger partial charge in [0.05, 0.1) is 12.5 Å². The van der Waals surface area contributed by atoms with Gasteiger partial charge in [-0.05, 0) is 24.6 Å². The summed E-state index contributed by atoms with van der Waals surface area (Å²) < 4.78 is 1.23. The van der Waals surface area contributed by atoms with Crippen molar-refractivity contribution >= 4 is 29.0 Å². The number of nitrogen functional groups attached to an aromatic ring is 1. The molecule has 1 aromatic heterocycles. The van der Waals surface area contributed by atoms with Crippen LogP contribution in [-0.2, 0) is 16.1 Å². The lowest BCUT2D eigenvalue weighted by atomic mass is 10.1. The molecule has 9 nitrogen and oxygen atoms in total. The molecule has 9 heteroatoms. The van der Waals surface area contributed by atoms with E-state index in [0.29, 0.717) is 0 Å². The van der Waals surface area contributed by atoms with Crippen molar-refractivity contribution in [2.24, 2.45) is 5.92 Å². The highest BCUT2D eigenvalue weighted by Crippen LogP contribution is 2.28. The van der Waals surface area contributed by atoms with E-state index in [2.05, 4.69) is 4.98 Å². The van der Waals surface area contributed by atoms with Crippen LogP contribution in [-0.4, -0.2) is 34.5 Å². The minimum atomic E-state index is -0.735. The molecule has 1 aliphatic rings. The molecule has 2 amide bonds. The van der Waals surface area contributed by atoms with Crippen LogP contribution in [0.2, 0.25) is 0 Å². The lowest BCUT2D eigenvalue weighted by molar-refractivity contribution is -0.124. The zero-order valence-electron chi connectivity index (χ0n) is 18.2. The monoisotopic (exact) mass is 447 g/mol. The predicted octanol–water partition coefficient (Wildman–Crippen LogP) is 1.57. The number of nitrogens with zero attached hydrogens (tertiary/aromatic N) is 3. The maximum atomic E-state index is 13.4. The highest BCUT2D eigenvalue weighted by atomic mass is 16.2. The molecule has 1 saturated heterocycles. The first-order valence-corrected chi connectivity index (χ1v) is 10.7. The van der Waals surface area contributed by atoms with Crippen molar-refractivity contribution in [2.75, 3.05) is 28.6 Å². The summed E-state index contributed by atoms with van der Waals surface area (Å²) in [7, 11) is 0. The molecule has 0 radical (unpaired) electrons. The fraction of sp³-hybridized carbons (Fsp3) is 0.250. The summed E-state index contributed by atoms with van der Waals surface area (Å²) in [6, 6.07) is 18.3. The second kappa shape index (κ2) is 9.15. The highest BCUT2D eigenvalue weighted by Gasteiger charge is 2.38. The molecule has 0 saturated carbocycles. The number of carbonyl (C=O) groups excluding carboxylic acids is 2. The lowest BCUT2D eigenvalue weighted by Crippen LogP contribution is -2.44. The summed E-state index contributed by atoms with van der Waals surface area (Å²) in [5.74, 6) is -1.27.